The highest BCUT2D eigenvalue weighted by Gasteiger charge is 2.12. The summed E-state index contributed by atoms with van der Waals surface area (Å²) in [6, 6.07) is 14.2. The number of carbonyl (C=O) groups is 2. The number of anilines is 3. The van der Waals surface area contributed by atoms with Crippen LogP contribution in [0.2, 0.25) is 0 Å². The van der Waals surface area contributed by atoms with Crippen LogP contribution >= 0.6 is 0 Å². The molecular weight excluding hydrogens is 318 g/mol. The summed E-state index contributed by atoms with van der Waals surface area (Å²) < 4.78 is 5.07. The quantitative estimate of drug-likeness (QED) is 0.690. The lowest BCUT2D eigenvalue weighted by Crippen LogP contribution is -2.34. The fraction of sp³-hybridized carbons (Fsp3) is 0.263. The van der Waals surface area contributed by atoms with Crippen LogP contribution in [0.1, 0.15) is 31.1 Å². The zero-order chi connectivity index (χ0) is 18.2. The Bertz CT molecular complexity index is 727. The second-order valence-corrected chi connectivity index (χ2v) is 5.72. The lowest BCUT2D eigenvalue weighted by atomic mass is 10.1. The molecule has 0 aliphatic rings. The van der Waals surface area contributed by atoms with Gasteiger partial charge in [-0.3, -0.25) is 0 Å². The first-order valence-electron chi connectivity index (χ1n) is 8.20. The van der Waals surface area contributed by atoms with Crippen LogP contribution in [0.3, 0.4) is 0 Å². The lowest BCUT2D eigenvalue weighted by Gasteiger charge is -2.13. The molecule has 2 rings (SSSR count). The van der Waals surface area contributed by atoms with Crippen LogP contribution in [0.4, 0.5) is 21.9 Å². The molecular formula is C19H23N3O3. The molecule has 0 saturated carbocycles. The van der Waals surface area contributed by atoms with E-state index in [0.717, 1.165) is 5.69 Å². The SMILES string of the molecule is CCOC(=O)c1ccccc1Nc1ccc(NC(=O)NC(C)C)cc1. The average molecular weight is 341 g/mol. The highest BCUT2D eigenvalue weighted by Crippen LogP contribution is 2.23. The molecule has 0 spiro atoms. The number of para-hydroxylation sites is 1. The van der Waals surface area contributed by atoms with Gasteiger partial charge in [0, 0.05) is 17.4 Å². The topological polar surface area (TPSA) is 79.5 Å². The van der Waals surface area contributed by atoms with E-state index >= 15 is 0 Å². The van der Waals surface area contributed by atoms with E-state index in [2.05, 4.69) is 16.0 Å². The third kappa shape index (κ3) is 5.53. The fourth-order valence-corrected chi connectivity index (χ4v) is 2.20. The molecule has 2 amide bonds. The summed E-state index contributed by atoms with van der Waals surface area (Å²) in [5.41, 5.74) is 2.62. The number of benzene rings is 2. The minimum Gasteiger partial charge on any atom is -0.462 e. The molecule has 2 aromatic rings. The van der Waals surface area contributed by atoms with Crippen LogP contribution in [0.15, 0.2) is 48.5 Å². The van der Waals surface area contributed by atoms with Crippen molar-refractivity contribution in [2.45, 2.75) is 26.8 Å². The Kier molecular flexibility index (Phi) is 6.39. The first-order valence-corrected chi connectivity index (χ1v) is 8.20. The molecule has 0 radical (unpaired) electrons. The van der Waals surface area contributed by atoms with Gasteiger partial charge in [0.2, 0.25) is 0 Å². The van der Waals surface area contributed by atoms with E-state index in [0.29, 0.717) is 23.5 Å². The molecule has 6 nitrogen and oxygen atoms in total. The van der Waals surface area contributed by atoms with E-state index in [9.17, 15) is 9.59 Å². The van der Waals surface area contributed by atoms with Crippen molar-refractivity contribution in [3.63, 3.8) is 0 Å². The molecule has 3 N–H and O–H groups in total. The molecule has 132 valence electrons. The van der Waals surface area contributed by atoms with Crippen molar-refractivity contribution in [2.24, 2.45) is 0 Å². The number of nitrogens with one attached hydrogen (secondary N) is 3. The summed E-state index contributed by atoms with van der Waals surface area (Å²) in [4.78, 5) is 23.7. The van der Waals surface area contributed by atoms with E-state index in [1.165, 1.54) is 0 Å². The van der Waals surface area contributed by atoms with Crippen LogP contribution in [0.5, 0.6) is 0 Å². The van der Waals surface area contributed by atoms with E-state index in [4.69, 9.17) is 4.74 Å². The number of hydrogen-bond donors (Lipinski definition) is 3. The van der Waals surface area contributed by atoms with Crippen molar-refractivity contribution in [1.29, 1.82) is 0 Å². The summed E-state index contributed by atoms with van der Waals surface area (Å²) in [7, 11) is 0. The molecule has 2 aromatic carbocycles. The van der Waals surface area contributed by atoms with Crippen molar-refractivity contribution in [3.8, 4) is 0 Å². The molecule has 0 aliphatic heterocycles. The molecule has 0 heterocycles. The second kappa shape index (κ2) is 8.73. The molecule has 0 bridgehead atoms. The highest BCUT2D eigenvalue weighted by atomic mass is 16.5. The Morgan fingerprint density at radius 3 is 2.28 bits per heavy atom. The van der Waals surface area contributed by atoms with Crippen LogP contribution in [0, 0.1) is 0 Å². The van der Waals surface area contributed by atoms with Gasteiger partial charge in [-0.1, -0.05) is 12.1 Å². The maximum absolute atomic E-state index is 12.0. The largest absolute Gasteiger partial charge is 0.462 e. The summed E-state index contributed by atoms with van der Waals surface area (Å²) >= 11 is 0. The average Bonchev–Trinajstić information content (AvgIpc) is 2.56. The van der Waals surface area contributed by atoms with Gasteiger partial charge in [0.25, 0.3) is 0 Å². The zero-order valence-electron chi connectivity index (χ0n) is 14.6. The molecule has 25 heavy (non-hydrogen) atoms. The van der Waals surface area contributed by atoms with Crippen molar-refractivity contribution < 1.29 is 14.3 Å². The molecule has 0 fully saturated rings. The summed E-state index contributed by atoms with van der Waals surface area (Å²) in [5.74, 6) is -0.366. The monoisotopic (exact) mass is 341 g/mol. The zero-order valence-corrected chi connectivity index (χ0v) is 14.6. The van der Waals surface area contributed by atoms with Gasteiger partial charge >= 0.3 is 12.0 Å². The minimum atomic E-state index is -0.366. The van der Waals surface area contributed by atoms with Gasteiger partial charge in [-0.2, -0.15) is 0 Å². The van der Waals surface area contributed by atoms with E-state index in [-0.39, 0.29) is 18.0 Å². The number of urea groups is 1. The molecule has 0 aliphatic carbocycles. The number of carbonyl (C=O) groups excluding carboxylic acids is 2. The highest BCUT2D eigenvalue weighted by molar-refractivity contribution is 5.96. The molecule has 0 atom stereocenters. The van der Waals surface area contributed by atoms with Crippen LogP contribution in [-0.2, 0) is 4.74 Å². The normalized spacial score (nSPS) is 10.2. The van der Waals surface area contributed by atoms with E-state index in [1.54, 1.807) is 31.2 Å². The number of hydrogen-bond acceptors (Lipinski definition) is 4. The van der Waals surface area contributed by atoms with Crippen molar-refractivity contribution in [3.05, 3.63) is 54.1 Å². The minimum absolute atomic E-state index is 0.0697. The molecule has 0 aromatic heterocycles. The first kappa shape index (κ1) is 18.3. The maximum Gasteiger partial charge on any atom is 0.340 e. The van der Waals surface area contributed by atoms with Gasteiger partial charge < -0.3 is 20.7 Å². The van der Waals surface area contributed by atoms with Crippen molar-refractivity contribution >= 4 is 29.1 Å². The van der Waals surface area contributed by atoms with Crippen molar-refractivity contribution in [2.75, 3.05) is 17.2 Å². The Hall–Kier alpha value is -3.02. The third-order valence-corrected chi connectivity index (χ3v) is 3.26. The van der Waals surface area contributed by atoms with Gasteiger partial charge in [0.1, 0.15) is 0 Å². The van der Waals surface area contributed by atoms with Gasteiger partial charge in [0.15, 0.2) is 0 Å². The number of rotatable bonds is 6. The Morgan fingerprint density at radius 1 is 1.00 bits per heavy atom. The summed E-state index contributed by atoms with van der Waals surface area (Å²) in [5, 5.41) is 8.71. The number of amides is 2. The third-order valence-electron chi connectivity index (χ3n) is 3.26. The Morgan fingerprint density at radius 2 is 1.64 bits per heavy atom. The summed E-state index contributed by atoms with van der Waals surface area (Å²) in [6.45, 7) is 5.89. The number of ether oxygens (including phenoxy) is 1. The lowest BCUT2D eigenvalue weighted by molar-refractivity contribution is 0.0527. The standard InChI is InChI=1S/C19H23N3O3/c1-4-25-18(23)16-7-5-6-8-17(16)21-14-9-11-15(12-10-14)22-19(24)20-13(2)3/h5-13,21H,4H2,1-3H3,(H2,20,22,24). The predicted molar refractivity (Wildman–Crippen MR) is 99.4 cm³/mol. The van der Waals surface area contributed by atoms with Gasteiger partial charge in [0.05, 0.1) is 17.9 Å². The van der Waals surface area contributed by atoms with Crippen LogP contribution < -0.4 is 16.0 Å². The van der Waals surface area contributed by atoms with E-state index in [1.807, 2.05) is 38.1 Å². The van der Waals surface area contributed by atoms with Gasteiger partial charge in [-0.15, -0.1) is 0 Å². The molecule has 0 unspecified atom stereocenters. The Balaban J connectivity index is 2.07. The second-order valence-electron chi connectivity index (χ2n) is 5.72. The van der Waals surface area contributed by atoms with Crippen LogP contribution in [0.25, 0.3) is 0 Å². The smallest absolute Gasteiger partial charge is 0.340 e. The fourth-order valence-electron chi connectivity index (χ4n) is 2.20. The molecule has 6 heteroatoms. The predicted octanol–water partition coefficient (Wildman–Crippen LogP) is 4.14. The van der Waals surface area contributed by atoms with Gasteiger partial charge in [-0.05, 0) is 57.2 Å². The van der Waals surface area contributed by atoms with Crippen molar-refractivity contribution in [1.82, 2.24) is 5.32 Å². The molecule has 0 saturated heterocycles. The first-order chi connectivity index (χ1) is 12.0. The van der Waals surface area contributed by atoms with E-state index < -0.39 is 0 Å². The Labute approximate surface area is 147 Å². The van der Waals surface area contributed by atoms with Gasteiger partial charge in [-0.25, -0.2) is 9.59 Å². The van der Waals surface area contributed by atoms with Crippen LogP contribution in [-0.4, -0.2) is 24.6 Å². The maximum atomic E-state index is 12.0. The summed E-state index contributed by atoms with van der Waals surface area (Å²) in [6.07, 6.45) is 0. The number of esters is 1.